The summed E-state index contributed by atoms with van der Waals surface area (Å²) in [5.74, 6) is 4.21. The lowest BCUT2D eigenvalue weighted by Gasteiger charge is -2.77. The zero-order valence-electron chi connectivity index (χ0n) is 18.4. The second kappa shape index (κ2) is 8.99. The summed E-state index contributed by atoms with van der Waals surface area (Å²) >= 11 is 0. The molecule has 0 radical (unpaired) electrons. The average Bonchev–Trinajstić information content (AvgIpc) is 3.26. The SMILES string of the molecule is C=C/C=C\C(=C/C)C1(CC)C2CC3CC4CC1C42C3.CNCCN(C=O)CC=O. The summed E-state index contributed by atoms with van der Waals surface area (Å²) in [7, 11) is 1.80. The molecule has 29 heavy (non-hydrogen) atoms. The zero-order valence-corrected chi connectivity index (χ0v) is 18.4. The molecule has 6 unspecified atom stereocenters. The summed E-state index contributed by atoms with van der Waals surface area (Å²) < 4.78 is 0. The molecule has 4 rings (SSSR count). The molecule has 0 aromatic rings. The van der Waals surface area contributed by atoms with Crippen molar-refractivity contribution in [1.82, 2.24) is 10.2 Å². The van der Waals surface area contributed by atoms with Gasteiger partial charge in [-0.05, 0) is 80.7 Å². The minimum absolute atomic E-state index is 0.186. The maximum absolute atomic E-state index is 10.1. The number of carbonyl (C=O) groups is 2. The fourth-order valence-corrected chi connectivity index (χ4v) is 7.72. The molecular formula is C25H38N2O2. The smallest absolute Gasteiger partial charge is 0.210 e. The zero-order chi connectivity index (χ0) is 21.1. The lowest BCUT2D eigenvalue weighted by Crippen LogP contribution is -2.72. The predicted octanol–water partition coefficient (Wildman–Crippen LogP) is 4.00. The van der Waals surface area contributed by atoms with Crippen molar-refractivity contribution in [2.75, 3.05) is 26.7 Å². The van der Waals surface area contributed by atoms with Crippen molar-refractivity contribution >= 4 is 12.7 Å². The van der Waals surface area contributed by atoms with Crippen molar-refractivity contribution in [3.8, 4) is 0 Å². The van der Waals surface area contributed by atoms with Gasteiger partial charge in [0.25, 0.3) is 0 Å². The van der Waals surface area contributed by atoms with Gasteiger partial charge in [-0.15, -0.1) is 0 Å². The summed E-state index contributed by atoms with van der Waals surface area (Å²) in [6.45, 7) is 9.98. The molecular weight excluding hydrogens is 360 g/mol. The molecule has 1 spiro atoms. The molecule has 0 aromatic carbocycles. The topological polar surface area (TPSA) is 49.4 Å². The summed E-state index contributed by atoms with van der Waals surface area (Å²) in [5.41, 5.74) is 2.96. The Labute approximate surface area is 176 Å². The quantitative estimate of drug-likeness (QED) is 0.447. The first-order chi connectivity index (χ1) is 14.1. The van der Waals surface area contributed by atoms with E-state index in [0.717, 1.165) is 29.1 Å². The molecule has 4 heteroatoms. The molecule has 6 atom stereocenters. The van der Waals surface area contributed by atoms with Gasteiger partial charge in [0, 0.05) is 18.5 Å². The Kier molecular flexibility index (Phi) is 6.83. The van der Waals surface area contributed by atoms with Crippen molar-refractivity contribution in [3.05, 3.63) is 36.5 Å². The van der Waals surface area contributed by atoms with Crippen LogP contribution in [0.2, 0.25) is 0 Å². The predicted molar refractivity (Wildman–Crippen MR) is 118 cm³/mol. The molecule has 0 heterocycles. The number of nitrogens with zero attached hydrogens (tertiary/aromatic N) is 1. The monoisotopic (exact) mass is 398 g/mol. The van der Waals surface area contributed by atoms with Crippen LogP contribution in [0.3, 0.4) is 0 Å². The molecule has 4 saturated carbocycles. The molecule has 1 N–H and O–H groups in total. The molecule has 0 saturated heterocycles. The van der Waals surface area contributed by atoms with Gasteiger partial charge in [0.15, 0.2) is 0 Å². The maximum atomic E-state index is 10.1. The van der Waals surface area contributed by atoms with E-state index < -0.39 is 0 Å². The van der Waals surface area contributed by atoms with Gasteiger partial charge in [0.1, 0.15) is 6.29 Å². The van der Waals surface area contributed by atoms with E-state index in [2.05, 4.69) is 44.0 Å². The Bertz CT molecular complexity index is 684. The van der Waals surface area contributed by atoms with Crippen LogP contribution in [-0.4, -0.2) is 44.3 Å². The van der Waals surface area contributed by atoms with Crippen LogP contribution in [0.25, 0.3) is 0 Å². The standard InChI is InChI=1S/C19H26.C6H12N2O2/c1-4-7-8-14(5-2)18(6-3)16-10-13-9-15-11-17(18)19(15,16)12-13;1-7-2-3-8(6-10)4-5-9/h4-5,7-8,13,15-17H,1,6,9-12H2,2-3H3;5-7H,2-4H2,1H3/b8-7-,14-5+;. The third-order valence-electron chi connectivity index (χ3n) is 8.60. The van der Waals surface area contributed by atoms with Crippen molar-refractivity contribution in [2.45, 2.75) is 46.0 Å². The minimum Gasteiger partial charge on any atom is -0.337 e. The molecule has 4 aliphatic carbocycles. The summed E-state index contributed by atoms with van der Waals surface area (Å²) in [6.07, 6.45) is 17.7. The lowest BCUT2D eigenvalue weighted by molar-refractivity contribution is -0.272. The van der Waals surface area contributed by atoms with E-state index in [0.29, 0.717) is 31.2 Å². The highest BCUT2D eigenvalue weighted by Crippen LogP contribution is 2.89. The van der Waals surface area contributed by atoms with Crippen LogP contribution >= 0.6 is 0 Å². The van der Waals surface area contributed by atoms with Gasteiger partial charge in [-0.25, -0.2) is 0 Å². The lowest BCUT2D eigenvalue weighted by atomic mass is 9.26. The molecule has 1 amide bonds. The number of nitrogens with one attached hydrogen (secondary N) is 1. The average molecular weight is 399 g/mol. The molecule has 0 aliphatic heterocycles. The number of likely N-dealkylation sites (N-methyl/N-ethyl adjacent to an activating group) is 1. The van der Waals surface area contributed by atoms with Gasteiger partial charge in [-0.1, -0.05) is 37.8 Å². The Hall–Kier alpha value is -1.68. The van der Waals surface area contributed by atoms with E-state index in [1.165, 1.54) is 24.2 Å². The van der Waals surface area contributed by atoms with Gasteiger partial charge in [0.2, 0.25) is 6.41 Å². The number of amides is 1. The molecule has 4 fully saturated rings. The normalized spacial score (nSPS) is 38.4. The minimum atomic E-state index is 0.186. The van der Waals surface area contributed by atoms with Crippen molar-refractivity contribution in [3.63, 3.8) is 0 Å². The molecule has 4 nitrogen and oxygen atoms in total. The Morgan fingerprint density at radius 2 is 2.00 bits per heavy atom. The fourth-order valence-electron chi connectivity index (χ4n) is 7.72. The second-order valence-corrected chi connectivity index (χ2v) is 9.30. The van der Waals surface area contributed by atoms with Crippen LogP contribution in [0.1, 0.15) is 46.0 Å². The van der Waals surface area contributed by atoms with Gasteiger partial charge in [-0.3, -0.25) is 4.79 Å². The maximum Gasteiger partial charge on any atom is 0.210 e. The van der Waals surface area contributed by atoms with E-state index in [1.807, 2.05) is 6.08 Å². The first-order valence-electron chi connectivity index (χ1n) is 11.3. The van der Waals surface area contributed by atoms with Crippen LogP contribution in [0, 0.1) is 34.5 Å². The van der Waals surface area contributed by atoms with Gasteiger partial charge in [-0.2, -0.15) is 0 Å². The number of hydrogen-bond donors (Lipinski definition) is 1. The number of carbonyl (C=O) groups excluding carboxylic acids is 2. The van der Waals surface area contributed by atoms with Crippen LogP contribution in [0.4, 0.5) is 0 Å². The van der Waals surface area contributed by atoms with E-state index in [4.69, 9.17) is 0 Å². The first-order valence-corrected chi connectivity index (χ1v) is 11.3. The van der Waals surface area contributed by atoms with E-state index in [9.17, 15) is 9.59 Å². The largest absolute Gasteiger partial charge is 0.337 e. The third kappa shape index (κ3) is 3.24. The van der Waals surface area contributed by atoms with Crippen molar-refractivity contribution in [1.29, 1.82) is 0 Å². The molecule has 160 valence electrons. The van der Waals surface area contributed by atoms with Gasteiger partial charge in [0.05, 0.1) is 6.54 Å². The van der Waals surface area contributed by atoms with E-state index in [-0.39, 0.29) is 6.54 Å². The van der Waals surface area contributed by atoms with Gasteiger partial charge < -0.3 is 15.0 Å². The van der Waals surface area contributed by atoms with Crippen LogP contribution < -0.4 is 5.32 Å². The van der Waals surface area contributed by atoms with Crippen molar-refractivity contribution < 1.29 is 9.59 Å². The first kappa shape index (κ1) is 22.0. The van der Waals surface area contributed by atoms with Gasteiger partial charge >= 0.3 is 0 Å². The third-order valence-corrected chi connectivity index (χ3v) is 8.60. The Morgan fingerprint density at radius 3 is 2.55 bits per heavy atom. The number of allylic oxidation sites excluding steroid dienone is 5. The number of fused-ring (bicyclic) bond motifs is 1. The van der Waals surface area contributed by atoms with Crippen molar-refractivity contribution in [2.24, 2.45) is 34.5 Å². The van der Waals surface area contributed by atoms with Crippen LogP contribution in [0.15, 0.2) is 36.5 Å². The summed E-state index contributed by atoms with van der Waals surface area (Å²) in [4.78, 5) is 21.5. The highest BCUT2D eigenvalue weighted by atomic mass is 16.1. The Morgan fingerprint density at radius 1 is 1.24 bits per heavy atom. The number of hydrogen-bond acceptors (Lipinski definition) is 3. The van der Waals surface area contributed by atoms with Crippen LogP contribution in [0.5, 0.6) is 0 Å². The molecule has 2 bridgehead atoms. The highest BCUT2D eigenvalue weighted by Gasteiger charge is 2.82. The van der Waals surface area contributed by atoms with Crippen LogP contribution in [-0.2, 0) is 9.59 Å². The fraction of sp³-hybridized carbons (Fsp3) is 0.680. The Balaban J connectivity index is 0.000000207. The summed E-state index contributed by atoms with van der Waals surface area (Å²) in [6, 6.07) is 0. The molecule has 4 aliphatic rings. The number of rotatable bonds is 10. The summed E-state index contributed by atoms with van der Waals surface area (Å²) in [5, 5.41) is 2.87. The van der Waals surface area contributed by atoms with E-state index >= 15 is 0 Å². The highest BCUT2D eigenvalue weighted by molar-refractivity contribution is 5.59. The second-order valence-electron chi connectivity index (χ2n) is 9.30. The number of aldehydes is 1. The molecule has 0 aromatic heterocycles. The van der Waals surface area contributed by atoms with E-state index in [1.54, 1.807) is 25.5 Å².